The molecule has 0 saturated carbocycles. The lowest BCUT2D eigenvalue weighted by molar-refractivity contribution is -0.140. The summed E-state index contributed by atoms with van der Waals surface area (Å²) < 4.78 is 41.0. The molecule has 38 heavy (non-hydrogen) atoms. The summed E-state index contributed by atoms with van der Waals surface area (Å²) in [5, 5.41) is 2.89. The zero-order valence-corrected chi connectivity index (χ0v) is 24.4. The molecule has 0 aliphatic heterocycles. The standard InChI is InChI=1S/C28H31FIN3O4S/c1-20(2)31-28(35)26(17-21-7-5-4-6-8-21)32(18-22-9-11-23(29)12-10-22)27(34)19-33(38(3,36)37)25-15-13-24(30)14-16-25/h4-16,20,26H,17-19H2,1-3H3,(H,31,35)/t26-/m1/s1. The number of nitrogens with zero attached hydrogens (tertiary/aromatic N) is 2. The normalized spacial score (nSPS) is 12.2. The van der Waals surface area contributed by atoms with Gasteiger partial charge in [-0.25, -0.2) is 12.8 Å². The average molecular weight is 652 g/mol. The van der Waals surface area contributed by atoms with Gasteiger partial charge in [-0.05, 0) is 84.0 Å². The van der Waals surface area contributed by atoms with E-state index in [0.29, 0.717) is 11.3 Å². The van der Waals surface area contributed by atoms with Crippen LogP contribution in [0, 0.1) is 9.39 Å². The number of benzene rings is 3. The molecule has 0 spiro atoms. The number of anilines is 1. The Bertz CT molecular complexity index is 1330. The second-order valence-electron chi connectivity index (χ2n) is 9.26. The number of rotatable bonds is 11. The third-order valence-corrected chi connectivity index (χ3v) is 7.62. The van der Waals surface area contributed by atoms with E-state index in [1.807, 2.05) is 44.2 Å². The lowest BCUT2D eigenvalue weighted by atomic mass is 10.0. The van der Waals surface area contributed by atoms with Crippen LogP contribution in [0.25, 0.3) is 0 Å². The van der Waals surface area contributed by atoms with Crippen molar-refractivity contribution in [2.45, 2.75) is 38.9 Å². The Morgan fingerprint density at radius 3 is 2.08 bits per heavy atom. The van der Waals surface area contributed by atoms with Gasteiger partial charge in [-0.15, -0.1) is 0 Å². The van der Waals surface area contributed by atoms with Gasteiger partial charge in [-0.1, -0.05) is 42.5 Å². The van der Waals surface area contributed by atoms with Crippen molar-refractivity contribution >= 4 is 50.1 Å². The van der Waals surface area contributed by atoms with Gasteiger partial charge in [-0.3, -0.25) is 13.9 Å². The molecule has 7 nitrogen and oxygen atoms in total. The molecule has 0 aliphatic carbocycles. The van der Waals surface area contributed by atoms with Crippen LogP contribution in [-0.2, 0) is 32.6 Å². The number of amides is 2. The number of nitrogens with one attached hydrogen (secondary N) is 1. The van der Waals surface area contributed by atoms with E-state index in [-0.39, 0.29) is 24.9 Å². The van der Waals surface area contributed by atoms with Crippen molar-refractivity contribution in [2.75, 3.05) is 17.1 Å². The monoisotopic (exact) mass is 651 g/mol. The number of hydrogen-bond acceptors (Lipinski definition) is 4. The zero-order valence-electron chi connectivity index (χ0n) is 21.5. The van der Waals surface area contributed by atoms with Gasteiger partial charge in [0.1, 0.15) is 18.4 Å². The van der Waals surface area contributed by atoms with Crippen molar-refractivity contribution in [1.82, 2.24) is 10.2 Å². The molecule has 1 N–H and O–H groups in total. The lowest BCUT2D eigenvalue weighted by Gasteiger charge is -2.34. The highest BCUT2D eigenvalue weighted by Crippen LogP contribution is 2.21. The van der Waals surface area contributed by atoms with Crippen LogP contribution in [-0.4, -0.2) is 50.0 Å². The van der Waals surface area contributed by atoms with Crippen LogP contribution < -0.4 is 9.62 Å². The largest absolute Gasteiger partial charge is 0.352 e. The molecular weight excluding hydrogens is 620 g/mol. The quantitative estimate of drug-likeness (QED) is 0.313. The van der Waals surface area contributed by atoms with E-state index >= 15 is 0 Å². The molecule has 3 aromatic rings. The predicted octanol–water partition coefficient (Wildman–Crippen LogP) is 4.36. The first kappa shape index (κ1) is 29.6. The summed E-state index contributed by atoms with van der Waals surface area (Å²) in [4.78, 5) is 28.7. The number of carbonyl (C=O) groups excluding carboxylic acids is 2. The molecule has 3 aromatic carbocycles. The maximum atomic E-state index is 13.9. The molecule has 0 saturated heterocycles. The molecular formula is C28H31FIN3O4S. The first-order valence-corrected chi connectivity index (χ1v) is 15.0. The zero-order chi connectivity index (χ0) is 27.9. The number of hydrogen-bond donors (Lipinski definition) is 1. The fraction of sp³-hybridized carbons (Fsp3) is 0.286. The average Bonchev–Trinajstić information content (AvgIpc) is 2.86. The molecule has 0 aliphatic rings. The first-order chi connectivity index (χ1) is 17.9. The molecule has 10 heteroatoms. The van der Waals surface area contributed by atoms with Crippen LogP contribution in [0.2, 0.25) is 0 Å². The minimum absolute atomic E-state index is 0.00752. The maximum absolute atomic E-state index is 13.9. The fourth-order valence-corrected chi connectivity index (χ4v) is 5.15. The van der Waals surface area contributed by atoms with Crippen LogP contribution in [0.3, 0.4) is 0 Å². The van der Waals surface area contributed by atoms with Gasteiger partial charge in [0.25, 0.3) is 0 Å². The SMILES string of the molecule is CC(C)NC(=O)[C@@H](Cc1ccccc1)N(Cc1ccc(F)cc1)C(=O)CN(c1ccc(I)cc1)S(C)(=O)=O. The highest BCUT2D eigenvalue weighted by atomic mass is 127. The summed E-state index contributed by atoms with van der Waals surface area (Å²) in [6, 6.07) is 20.6. The van der Waals surface area contributed by atoms with Crippen LogP contribution in [0.4, 0.5) is 10.1 Å². The van der Waals surface area contributed by atoms with E-state index in [9.17, 15) is 22.4 Å². The predicted molar refractivity (Wildman–Crippen MR) is 156 cm³/mol. The fourth-order valence-electron chi connectivity index (χ4n) is 3.94. The Hall–Kier alpha value is -2.99. The van der Waals surface area contributed by atoms with Crippen LogP contribution >= 0.6 is 22.6 Å². The molecule has 0 aromatic heterocycles. The van der Waals surface area contributed by atoms with Gasteiger partial charge >= 0.3 is 0 Å². The van der Waals surface area contributed by atoms with Crippen molar-refractivity contribution in [3.05, 3.63) is 99.4 Å². The molecule has 2 amide bonds. The van der Waals surface area contributed by atoms with Crippen LogP contribution in [0.5, 0.6) is 0 Å². The Balaban J connectivity index is 2.04. The third-order valence-electron chi connectivity index (χ3n) is 5.76. The summed E-state index contributed by atoms with van der Waals surface area (Å²) >= 11 is 2.11. The molecule has 1 atom stereocenters. The number of sulfonamides is 1. The van der Waals surface area contributed by atoms with E-state index in [1.54, 1.807) is 36.4 Å². The summed E-state index contributed by atoms with van der Waals surface area (Å²) in [5.74, 6) is -1.34. The van der Waals surface area contributed by atoms with Crippen molar-refractivity contribution < 1.29 is 22.4 Å². The summed E-state index contributed by atoms with van der Waals surface area (Å²) in [6.45, 7) is 3.14. The Labute approximate surface area is 237 Å². The van der Waals surface area contributed by atoms with E-state index in [1.165, 1.54) is 17.0 Å². The van der Waals surface area contributed by atoms with Crippen LogP contribution in [0.15, 0.2) is 78.9 Å². The van der Waals surface area contributed by atoms with Crippen molar-refractivity contribution in [1.29, 1.82) is 0 Å². The topological polar surface area (TPSA) is 86.8 Å². The molecule has 0 radical (unpaired) electrons. The molecule has 3 rings (SSSR count). The number of carbonyl (C=O) groups is 2. The summed E-state index contributed by atoms with van der Waals surface area (Å²) in [7, 11) is -3.83. The highest BCUT2D eigenvalue weighted by Gasteiger charge is 2.33. The van der Waals surface area contributed by atoms with Gasteiger partial charge in [0.05, 0.1) is 11.9 Å². The smallest absolute Gasteiger partial charge is 0.244 e. The minimum Gasteiger partial charge on any atom is -0.352 e. The van der Waals surface area contributed by atoms with Gasteiger partial charge in [-0.2, -0.15) is 0 Å². The van der Waals surface area contributed by atoms with E-state index < -0.39 is 34.3 Å². The second kappa shape index (κ2) is 13.2. The Morgan fingerprint density at radius 2 is 1.53 bits per heavy atom. The molecule has 0 bridgehead atoms. The van der Waals surface area contributed by atoms with Gasteiger partial charge in [0.15, 0.2) is 0 Å². The Morgan fingerprint density at radius 1 is 0.921 bits per heavy atom. The van der Waals surface area contributed by atoms with Crippen molar-refractivity contribution in [3.63, 3.8) is 0 Å². The van der Waals surface area contributed by atoms with Crippen molar-refractivity contribution in [2.24, 2.45) is 0 Å². The minimum atomic E-state index is -3.83. The lowest BCUT2D eigenvalue weighted by Crippen LogP contribution is -2.54. The second-order valence-corrected chi connectivity index (χ2v) is 12.4. The van der Waals surface area contributed by atoms with Gasteiger partial charge in [0.2, 0.25) is 21.8 Å². The molecule has 202 valence electrons. The molecule has 0 fully saturated rings. The molecule has 0 heterocycles. The van der Waals surface area contributed by atoms with Crippen LogP contribution in [0.1, 0.15) is 25.0 Å². The third kappa shape index (κ3) is 8.52. The highest BCUT2D eigenvalue weighted by molar-refractivity contribution is 14.1. The van der Waals surface area contributed by atoms with E-state index in [2.05, 4.69) is 27.9 Å². The van der Waals surface area contributed by atoms with Crippen molar-refractivity contribution in [3.8, 4) is 0 Å². The number of halogens is 2. The van der Waals surface area contributed by atoms with E-state index in [0.717, 1.165) is 19.7 Å². The first-order valence-electron chi connectivity index (χ1n) is 12.1. The summed E-state index contributed by atoms with van der Waals surface area (Å²) in [5.41, 5.74) is 1.79. The summed E-state index contributed by atoms with van der Waals surface area (Å²) in [6.07, 6.45) is 1.25. The van der Waals surface area contributed by atoms with Gasteiger partial charge in [0, 0.05) is 22.6 Å². The van der Waals surface area contributed by atoms with E-state index in [4.69, 9.17) is 0 Å². The van der Waals surface area contributed by atoms with Gasteiger partial charge < -0.3 is 10.2 Å². The maximum Gasteiger partial charge on any atom is 0.244 e. The molecule has 0 unspecified atom stereocenters. The Kier molecular flexibility index (Phi) is 10.3.